The van der Waals surface area contributed by atoms with Gasteiger partial charge in [0.2, 0.25) is 0 Å². The Morgan fingerprint density at radius 1 is 0.244 bits per heavy atom. The standard InChI is InChI=1S/C60H78N3O12P3/c1-55(2,3)43-31-37(19-25-49(43)64)70-76(71-38-20-26-50(65)44(32-38)56(4,5)6)61-77(72-39-21-27-51(66)45(33-39)57(7,8)9,73-40-22-28-52(67)46(34-40)58(10,11)12)63-78(62-76,74-41-23-29-53(68)47(35-41)59(13,14)15)75-42-24-30-54(69)48(36-42)60(16,17)18/h19-36,64-69H,1-18H3. The Labute approximate surface area is 461 Å². The van der Waals surface area contributed by atoms with Gasteiger partial charge in [-0.1, -0.05) is 138 Å². The molecule has 0 atom stereocenters. The fourth-order valence-corrected chi connectivity index (χ4v) is 17.6. The van der Waals surface area contributed by atoms with E-state index in [1.165, 1.54) is 36.4 Å². The van der Waals surface area contributed by atoms with Crippen LogP contribution in [-0.2, 0) is 32.5 Å². The van der Waals surface area contributed by atoms with Crippen molar-refractivity contribution in [1.29, 1.82) is 0 Å². The van der Waals surface area contributed by atoms with E-state index >= 15 is 0 Å². The Morgan fingerprint density at radius 2 is 0.372 bits per heavy atom. The Balaban J connectivity index is 1.74. The van der Waals surface area contributed by atoms with Gasteiger partial charge in [0, 0.05) is 33.4 Å². The molecule has 0 aromatic heterocycles. The van der Waals surface area contributed by atoms with Crippen molar-refractivity contribution in [2.75, 3.05) is 0 Å². The monoisotopic (exact) mass is 1130 g/mol. The highest BCUT2D eigenvalue weighted by molar-refractivity contribution is 7.79. The Morgan fingerprint density at radius 3 is 0.487 bits per heavy atom. The summed E-state index contributed by atoms with van der Waals surface area (Å²) in [5.74, 6) is 1.02. The molecule has 0 fully saturated rings. The Hall–Kier alpha value is -6.39. The Bertz CT molecular complexity index is 2850. The van der Waals surface area contributed by atoms with Crippen molar-refractivity contribution < 1.29 is 57.8 Å². The molecule has 1 aliphatic rings. The van der Waals surface area contributed by atoms with Gasteiger partial charge in [-0.3, -0.25) is 0 Å². The summed E-state index contributed by atoms with van der Waals surface area (Å²) >= 11 is 0. The lowest BCUT2D eigenvalue weighted by atomic mass is 9.86. The van der Waals surface area contributed by atoms with Crippen LogP contribution in [0.4, 0.5) is 0 Å². The van der Waals surface area contributed by atoms with Crippen LogP contribution in [0, 0.1) is 0 Å². The molecular formula is C60H78N3O12P3. The second kappa shape index (κ2) is 20.7. The van der Waals surface area contributed by atoms with E-state index in [4.69, 9.17) is 40.7 Å². The topological polar surface area (TPSA) is 214 Å². The third-order valence-corrected chi connectivity index (χ3v) is 20.8. The molecule has 7 rings (SSSR count). The van der Waals surface area contributed by atoms with Crippen molar-refractivity contribution in [2.45, 2.75) is 157 Å². The highest BCUT2D eigenvalue weighted by Gasteiger charge is 2.50. The van der Waals surface area contributed by atoms with Gasteiger partial charge < -0.3 is 57.8 Å². The molecule has 0 saturated heterocycles. The molecule has 78 heavy (non-hydrogen) atoms. The first-order chi connectivity index (χ1) is 35.7. The van der Waals surface area contributed by atoms with Crippen molar-refractivity contribution in [3.63, 3.8) is 0 Å². The minimum atomic E-state index is -4.62. The number of aromatic hydroxyl groups is 6. The highest BCUT2D eigenvalue weighted by atomic mass is 31.3. The van der Waals surface area contributed by atoms with Gasteiger partial charge in [0.05, 0.1) is 0 Å². The zero-order valence-electron chi connectivity index (χ0n) is 48.2. The van der Waals surface area contributed by atoms with Gasteiger partial charge in [-0.2, -0.15) is 0 Å². The highest BCUT2D eigenvalue weighted by Crippen LogP contribution is 2.79. The first kappa shape index (κ1) is 59.3. The second-order valence-corrected chi connectivity index (χ2v) is 32.0. The first-order valence-corrected chi connectivity index (χ1v) is 30.4. The second-order valence-electron chi connectivity index (χ2n) is 25.9. The summed E-state index contributed by atoms with van der Waals surface area (Å²) in [5, 5.41) is 67.9. The van der Waals surface area contributed by atoms with Crippen LogP contribution in [-0.4, -0.2) is 30.6 Å². The molecule has 0 unspecified atom stereocenters. The SMILES string of the molecule is CC(C)(C)c1cc(OP2(Oc3ccc(O)c(C(C)(C)C)c3)=NP(Oc3ccc(O)c(C(C)(C)C)c3)(Oc3ccc(O)c(C(C)(C)C)c3)=NP(Oc3ccc(O)c(C(C)(C)C)c3)(Oc3ccc(O)c(C(C)(C)C)c3)=N2)ccc1O. The predicted octanol–water partition coefficient (Wildman–Crippen LogP) is 18.3. The number of phenols is 6. The van der Waals surface area contributed by atoms with E-state index in [0.717, 1.165) is 0 Å². The molecule has 6 N–H and O–H groups in total. The van der Waals surface area contributed by atoms with Crippen LogP contribution in [0.3, 0.4) is 0 Å². The molecule has 0 amide bonds. The van der Waals surface area contributed by atoms with Crippen LogP contribution in [0.2, 0.25) is 0 Å². The lowest BCUT2D eigenvalue weighted by Gasteiger charge is -2.34. The van der Waals surface area contributed by atoms with Gasteiger partial charge in [0.1, 0.15) is 69.0 Å². The van der Waals surface area contributed by atoms with Gasteiger partial charge in [0.15, 0.2) is 0 Å². The lowest BCUT2D eigenvalue weighted by Crippen LogP contribution is -2.15. The molecule has 0 spiro atoms. The van der Waals surface area contributed by atoms with E-state index in [0.29, 0.717) is 33.4 Å². The lowest BCUT2D eigenvalue weighted by molar-refractivity contribution is 0.423. The molecule has 15 nitrogen and oxygen atoms in total. The quantitative estimate of drug-likeness (QED) is 0.0632. The molecule has 0 saturated carbocycles. The molecule has 0 radical (unpaired) electrons. The number of benzene rings is 6. The average molecular weight is 1130 g/mol. The van der Waals surface area contributed by atoms with E-state index in [1.807, 2.05) is 125 Å². The van der Waals surface area contributed by atoms with E-state index in [9.17, 15) is 30.6 Å². The summed E-state index contributed by atoms with van der Waals surface area (Å²) in [4.78, 5) is 0. The number of nitrogens with zero attached hydrogens (tertiary/aromatic N) is 3. The van der Waals surface area contributed by atoms with Crippen molar-refractivity contribution in [3.8, 4) is 69.0 Å². The molecule has 6 aromatic carbocycles. The molecule has 1 heterocycles. The molecule has 0 aliphatic carbocycles. The van der Waals surface area contributed by atoms with E-state index in [1.54, 1.807) is 72.8 Å². The smallest absolute Gasteiger partial charge is 0.460 e. The maximum absolute atomic E-state index is 11.3. The number of rotatable bonds is 12. The summed E-state index contributed by atoms with van der Waals surface area (Å²) in [7, 11) is -13.9. The van der Waals surface area contributed by atoms with Crippen LogP contribution >= 0.6 is 23.0 Å². The predicted molar refractivity (Wildman–Crippen MR) is 313 cm³/mol. The summed E-state index contributed by atoms with van der Waals surface area (Å²) in [6.07, 6.45) is 0. The number of phenolic OH excluding ortho intramolecular Hbond substituents is 6. The number of hydrogen-bond acceptors (Lipinski definition) is 15. The molecule has 0 bridgehead atoms. The Kier molecular flexibility index (Phi) is 15.7. The summed E-state index contributed by atoms with van der Waals surface area (Å²) in [6, 6.07) is 28.5. The molecule has 1 aliphatic heterocycles. The van der Waals surface area contributed by atoms with Crippen LogP contribution in [0.1, 0.15) is 158 Å². The van der Waals surface area contributed by atoms with Crippen molar-refractivity contribution in [2.24, 2.45) is 13.5 Å². The molecule has 420 valence electrons. The summed E-state index contributed by atoms with van der Waals surface area (Å²) in [6.45, 7) is 35.0. The van der Waals surface area contributed by atoms with Crippen LogP contribution in [0.15, 0.2) is 123 Å². The maximum atomic E-state index is 11.3. The third-order valence-electron chi connectivity index (χ3n) is 12.7. The fourth-order valence-electron chi connectivity index (χ4n) is 8.62. The maximum Gasteiger partial charge on any atom is 0.460 e. The van der Waals surface area contributed by atoms with E-state index in [-0.39, 0.29) is 69.0 Å². The van der Waals surface area contributed by atoms with Crippen LogP contribution in [0.25, 0.3) is 0 Å². The van der Waals surface area contributed by atoms with Crippen molar-refractivity contribution >= 4 is 23.0 Å². The molecular weight excluding hydrogens is 1050 g/mol. The molecule has 18 heteroatoms. The van der Waals surface area contributed by atoms with Crippen molar-refractivity contribution in [3.05, 3.63) is 143 Å². The summed E-state index contributed by atoms with van der Waals surface area (Å²) < 4.78 is 59.8. The minimum absolute atomic E-state index is 0.0129. The number of hydrogen-bond donors (Lipinski definition) is 6. The third kappa shape index (κ3) is 13.5. The van der Waals surface area contributed by atoms with Gasteiger partial charge >= 0.3 is 23.0 Å². The summed E-state index contributed by atoms with van der Waals surface area (Å²) in [5.41, 5.74) is -0.451. The van der Waals surface area contributed by atoms with Crippen LogP contribution < -0.4 is 27.1 Å². The average Bonchev–Trinajstić information content (AvgIpc) is 3.36. The van der Waals surface area contributed by atoms with Crippen molar-refractivity contribution in [1.82, 2.24) is 0 Å². The molecule has 6 aromatic rings. The first-order valence-electron chi connectivity index (χ1n) is 25.8. The zero-order valence-corrected chi connectivity index (χ0v) is 50.9. The van der Waals surface area contributed by atoms with Gasteiger partial charge in [-0.15, -0.1) is 0 Å². The normalized spacial score (nSPS) is 15.5. The minimum Gasteiger partial charge on any atom is -0.508 e. The van der Waals surface area contributed by atoms with Gasteiger partial charge in [0.25, 0.3) is 0 Å². The largest absolute Gasteiger partial charge is 0.508 e. The zero-order chi connectivity index (χ0) is 58.0. The fraction of sp³-hybridized carbons (Fsp3) is 0.400. The van der Waals surface area contributed by atoms with Crippen LogP contribution in [0.5, 0.6) is 69.0 Å². The van der Waals surface area contributed by atoms with E-state index in [2.05, 4.69) is 0 Å². The van der Waals surface area contributed by atoms with Gasteiger partial charge in [-0.05, 0) is 142 Å². The van der Waals surface area contributed by atoms with E-state index < -0.39 is 55.5 Å². The van der Waals surface area contributed by atoms with Gasteiger partial charge in [-0.25, -0.2) is 0 Å².